The predicted molar refractivity (Wildman–Crippen MR) is 75.1 cm³/mol. The Bertz CT molecular complexity index is 461. The molecule has 19 heavy (non-hydrogen) atoms. The summed E-state index contributed by atoms with van der Waals surface area (Å²) >= 11 is 3.11. The Morgan fingerprint density at radius 2 is 2.21 bits per heavy atom. The van der Waals surface area contributed by atoms with Gasteiger partial charge < -0.3 is 11.1 Å². The van der Waals surface area contributed by atoms with Crippen molar-refractivity contribution in [2.75, 3.05) is 26.2 Å². The second-order valence-corrected chi connectivity index (χ2v) is 5.47. The molecule has 2 rings (SSSR count). The molecule has 1 amide bonds. The van der Waals surface area contributed by atoms with Crippen molar-refractivity contribution < 1.29 is 9.18 Å². The highest BCUT2D eigenvalue weighted by Gasteiger charge is 2.26. The minimum absolute atomic E-state index is 0.378. The molecule has 3 N–H and O–H groups in total. The molecule has 1 fully saturated rings. The van der Waals surface area contributed by atoms with Crippen LogP contribution in [0.5, 0.6) is 0 Å². The number of primary amides is 1. The van der Waals surface area contributed by atoms with E-state index in [0.29, 0.717) is 10.0 Å². The first-order chi connectivity index (χ1) is 9.09. The summed E-state index contributed by atoms with van der Waals surface area (Å²) in [7, 11) is 0. The predicted octanol–water partition coefficient (Wildman–Crippen LogP) is 1.41. The number of nitrogens with zero attached hydrogens (tertiary/aromatic N) is 1. The summed E-state index contributed by atoms with van der Waals surface area (Å²) in [5.41, 5.74) is 6.11. The fourth-order valence-corrected chi connectivity index (χ4v) is 2.61. The smallest absolute Gasteiger partial charge is 0.239 e. The zero-order valence-electron chi connectivity index (χ0n) is 10.5. The Kier molecular flexibility index (Phi) is 4.90. The second kappa shape index (κ2) is 6.45. The van der Waals surface area contributed by atoms with Crippen molar-refractivity contribution in [1.82, 2.24) is 10.2 Å². The first-order valence-electron chi connectivity index (χ1n) is 6.28. The number of nitrogens with one attached hydrogen (secondary N) is 1. The summed E-state index contributed by atoms with van der Waals surface area (Å²) in [5, 5.41) is 3.27. The molecule has 1 unspecified atom stereocenters. The summed E-state index contributed by atoms with van der Waals surface area (Å²) in [6, 6.07) is 4.15. The standard InChI is InChI=1S/C13H17BrFN3O/c14-10-3-2-9(8-11(10)15)12(13(16)19)18-6-1-4-17-5-7-18/h2-3,8,12,17H,1,4-7H2,(H2,16,19). The maximum atomic E-state index is 13.6. The topological polar surface area (TPSA) is 58.4 Å². The highest BCUT2D eigenvalue weighted by atomic mass is 79.9. The third-order valence-electron chi connectivity index (χ3n) is 3.27. The molecule has 0 aromatic heterocycles. The zero-order chi connectivity index (χ0) is 13.8. The summed E-state index contributed by atoms with van der Waals surface area (Å²) in [4.78, 5) is 13.7. The van der Waals surface area contributed by atoms with Crippen molar-refractivity contribution in [2.45, 2.75) is 12.5 Å². The average molecular weight is 330 g/mol. The highest BCUT2D eigenvalue weighted by Crippen LogP contribution is 2.25. The van der Waals surface area contributed by atoms with Gasteiger partial charge in [-0.2, -0.15) is 0 Å². The van der Waals surface area contributed by atoms with E-state index in [2.05, 4.69) is 21.2 Å². The van der Waals surface area contributed by atoms with Crippen LogP contribution in [0.2, 0.25) is 0 Å². The number of rotatable bonds is 3. The number of nitrogens with two attached hydrogens (primary N) is 1. The molecule has 1 aliphatic heterocycles. The van der Waals surface area contributed by atoms with Crippen LogP contribution in [0.25, 0.3) is 0 Å². The molecule has 0 aliphatic carbocycles. The van der Waals surface area contributed by atoms with Gasteiger partial charge in [0, 0.05) is 19.6 Å². The van der Waals surface area contributed by atoms with Crippen LogP contribution in [0.15, 0.2) is 22.7 Å². The summed E-state index contributed by atoms with van der Waals surface area (Å²) in [6.07, 6.45) is 0.947. The third kappa shape index (κ3) is 3.52. The van der Waals surface area contributed by atoms with Crippen LogP contribution >= 0.6 is 15.9 Å². The Morgan fingerprint density at radius 1 is 1.42 bits per heavy atom. The largest absolute Gasteiger partial charge is 0.368 e. The summed E-state index contributed by atoms with van der Waals surface area (Å²) in [5.74, 6) is -0.819. The Labute approximate surface area is 120 Å². The molecule has 4 nitrogen and oxygen atoms in total. The van der Waals surface area contributed by atoms with Crippen molar-refractivity contribution in [1.29, 1.82) is 0 Å². The fourth-order valence-electron chi connectivity index (χ4n) is 2.36. The van der Waals surface area contributed by atoms with Crippen molar-refractivity contribution in [2.24, 2.45) is 5.73 Å². The highest BCUT2D eigenvalue weighted by molar-refractivity contribution is 9.10. The maximum Gasteiger partial charge on any atom is 0.239 e. The van der Waals surface area contributed by atoms with Gasteiger partial charge >= 0.3 is 0 Å². The van der Waals surface area contributed by atoms with Crippen LogP contribution in [0.4, 0.5) is 4.39 Å². The first kappa shape index (κ1) is 14.4. The van der Waals surface area contributed by atoms with E-state index < -0.39 is 11.9 Å². The van der Waals surface area contributed by atoms with E-state index in [1.54, 1.807) is 12.1 Å². The van der Waals surface area contributed by atoms with E-state index in [1.165, 1.54) is 6.07 Å². The van der Waals surface area contributed by atoms with E-state index in [-0.39, 0.29) is 5.82 Å². The van der Waals surface area contributed by atoms with Gasteiger partial charge in [-0.1, -0.05) is 6.07 Å². The third-order valence-corrected chi connectivity index (χ3v) is 3.91. The van der Waals surface area contributed by atoms with Crippen molar-refractivity contribution in [3.63, 3.8) is 0 Å². The number of carbonyl (C=O) groups excluding carboxylic acids is 1. The number of benzene rings is 1. The molecule has 1 aromatic rings. The molecule has 1 heterocycles. The van der Waals surface area contributed by atoms with E-state index in [4.69, 9.17) is 5.73 Å². The van der Waals surface area contributed by atoms with Crippen LogP contribution in [-0.4, -0.2) is 37.0 Å². The fraction of sp³-hybridized carbons (Fsp3) is 0.462. The number of hydrogen-bond acceptors (Lipinski definition) is 3. The molecule has 0 radical (unpaired) electrons. The maximum absolute atomic E-state index is 13.6. The van der Waals surface area contributed by atoms with Gasteiger partial charge in [-0.3, -0.25) is 9.69 Å². The number of halogens is 2. The van der Waals surface area contributed by atoms with Gasteiger partial charge in [0.05, 0.1) is 4.47 Å². The van der Waals surface area contributed by atoms with Gasteiger partial charge in [0.15, 0.2) is 0 Å². The molecular weight excluding hydrogens is 313 g/mol. The van der Waals surface area contributed by atoms with Crippen molar-refractivity contribution in [3.8, 4) is 0 Å². The lowest BCUT2D eigenvalue weighted by Gasteiger charge is -2.28. The summed E-state index contributed by atoms with van der Waals surface area (Å²) < 4.78 is 14.0. The van der Waals surface area contributed by atoms with Crippen LogP contribution in [-0.2, 0) is 4.79 Å². The van der Waals surface area contributed by atoms with Gasteiger partial charge in [0.1, 0.15) is 11.9 Å². The van der Waals surface area contributed by atoms with Crippen LogP contribution in [0.1, 0.15) is 18.0 Å². The van der Waals surface area contributed by atoms with E-state index in [0.717, 1.165) is 32.6 Å². The van der Waals surface area contributed by atoms with E-state index >= 15 is 0 Å². The van der Waals surface area contributed by atoms with Gasteiger partial charge in [-0.15, -0.1) is 0 Å². The van der Waals surface area contributed by atoms with Crippen LogP contribution in [0.3, 0.4) is 0 Å². The van der Waals surface area contributed by atoms with E-state index in [1.807, 2.05) is 4.90 Å². The molecular formula is C13H17BrFN3O. The lowest BCUT2D eigenvalue weighted by molar-refractivity contribution is -0.123. The minimum atomic E-state index is -0.567. The quantitative estimate of drug-likeness (QED) is 0.881. The summed E-state index contributed by atoms with van der Waals surface area (Å²) in [6.45, 7) is 3.24. The van der Waals surface area contributed by atoms with Crippen molar-refractivity contribution >= 4 is 21.8 Å². The number of hydrogen-bond donors (Lipinski definition) is 2. The molecule has 1 aliphatic rings. The monoisotopic (exact) mass is 329 g/mol. The Morgan fingerprint density at radius 3 is 2.89 bits per heavy atom. The Hall–Kier alpha value is -0.980. The molecule has 1 saturated heterocycles. The molecule has 1 atom stereocenters. The van der Waals surface area contributed by atoms with Crippen LogP contribution < -0.4 is 11.1 Å². The molecule has 0 bridgehead atoms. The minimum Gasteiger partial charge on any atom is -0.368 e. The normalized spacial score (nSPS) is 18.8. The van der Waals surface area contributed by atoms with Crippen LogP contribution in [0, 0.1) is 5.82 Å². The lowest BCUT2D eigenvalue weighted by Crippen LogP contribution is -2.39. The molecule has 0 saturated carbocycles. The number of amides is 1. The van der Waals surface area contributed by atoms with Gasteiger partial charge in [0.2, 0.25) is 5.91 Å². The van der Waals surface area contributed by atoms with Gasteiger partial charge in [-0.25, -0.2) is 4.39 Å². The lowest BCUT2D eigenvalue weighted by atomic mass is 10.0. The molecule has 1 aromatic carbocycles. The SMILES string of the molecule is NC(=O)C(c1ccc(Br)c(F)c1)N1CCCNCC1. The second-order valence-electron chi connectivity index (χ2n) is 4.62. The van der Waals surface area contributed by atoms with Gasteiger partial charge in [-0.05, 0) is 46.6 Å². The zero-order valence-corrected chi connectivity index (χ0v) is 12.1. The number of carbonyl (C=O) groups is 1. The molecule has 0 spiro atoms. The first-order valence-corrected chi connectivity index (χ1v) is 7.08. The average Bonchev–Trinajstić information content (AvgIpc) is 2.62. The molecule has 6 heteroatoms. The van der Waals surface area contributed by atoms with E-state index in [9.17, 15) is 9.18 Å². The van der Waals surface area contributed by atoms with Gasteiger partial charge in [0.25, 0.3) is 0 Å². The molecule has 104 valence electrons. The Balaban J connectivity index is 2.27. The van der Waals surface area contributed by atoms with Crippen molar-refractivity contribution in [3.05, 3.63) is 34.1 Å².